The SMILES string of the molecule is C/C1=C\C=C/C(C)/C=C(\c2ccccc2C)c2ccccc21.CC. The van der Waals surface area contributed by atoms with Crippen LogP contribution in [0, 0.1) is 12.8 Å². The Kier molecular flexibility index (Phi) is 6.37. The van der Waals surface area contributed by atoms with Gasteiger partial charge in [-0.2, -0.15) is 0 Å². The molecule has 2 aromatic carbocycles. The smallest absolute Gasteiger partial charge is 0.00693 e. The van der Waals surface area contributed by atoms with Gasteiger partial charge in [0.2, 0.25) is 0 Å². The maximum absolute atomic E-state index is 2.38. The molecule has 0 saturated carbocycles. The van der Waals surface area contributed by atoms with Gasteiger partial charge in [-0.25, -0.2) is 0 Å². The highest BCUT2D eigenvalue weighted by Gasteiger charge is 2.14. The van der Waals surface area contributed by atoms with E-state index in [1.165, 1.54) is 33.4 Å². The van der Waals surface area contributed by atoms with Crippen molar-refractivity contribution < 1.29 is 0 Å². The molecule has 1 aliphatic carbocycles. The normalized spacial score (nSPS) is 22.1. The van der Waals surface area contributed by atoms with Crippen LogP contribution in [-0.4, -0.2) is 0 Å². The van der Waals surface area contributed by atoms with Crippen molar-refractivity contribution in [3.63, 3.8) is 0 Å². The van der Waals surface area contributed by atoms with E-state index in [1.807, 2.05) is 13.8 Å². The van der Waals surface area contributed by atoms with Gasteiger partial charge in [-0.1, -0.05) is 93.6 Å². The van der Waals surface area contributed by atoms with E-state index in [0.717, 1.165) is 0 Å². The van der Waals surface area contributed by atoms with Crippen LogP contribution in [0.25, 0.3) is 11.1 Å². The molecule has 0 heteroatoms. The fraction of sp³-hybridized carbons (Fsp3) is 0.250. The zero-order valence-electron chi connectivity index (χ0n) is 15.5. The van der Waals surface area contributed by atoms with E-state index in [9.17, 15) is 0 Å². The molecule has 0 amide bonds. The lowest BCUT2D eigenvalue weighted by Crippen LogP contribution is -1.97. The van der Waals surface area contributed by atoms with Crippen molar-refractivity contribution in [2.45, 2.75) is 34.6 Å². The first kappa shape index (κ1) is 18.0. The van der Waals surface area contributed by atoms with Crippen molar-refractivity contribution >= 4 is 11.1 Å². The lowest BCUT2D eigenvalue weighted by Gasteiger charge is -2.16. The average molecular weight is 316 g/mol. The minimum absolute atomic E-state index is 0.407. The molecule has 24 heavy (non-hydrogen) atoms. The van der Waals surface area contributed by atoms with Gasteiger partial charge in [0.05, 0.1) is 0 Å². The Labute approximate surface area is 147 Å². The van der Waals surface area contributed by atoms with Crippen LogP contribution in [0.2, 0.25) is 0 Å². The van der Waals surface area contributed by atoms with Crippen LogP contribution in [0.15, 0.2) is 72.8 Å². The molecule has 0 spiro atoms. The molecule has 124 valence electrons. The number of allylic oxidation sites excluding steroid dienone is 5. The third-order valence-electron chi connectivity index (χ3n) is 4.27. The van der Waals surface area contributed by atoms with Crippen LogP contribution in [0.5, 0.6) is 0 Å². The molecular weight excluding hydrogens is 288 g/mol. The van der Waals surface area contributed by atoms with Gasteiger partial charge in [0.1, 0.15) is 0 Å². The number of hydrogen-bond donors (Lipinski definition) is 0. The molecule has 0 N–H and O–H groups in total. The molecule has 0 aromatic heterocycles. The number of benzene rings is 2. The predicted molar refractivity (Wildman–Crippen MR) is 108 cm³/mol. The van der Waals surface area contributed by atoms with Crippen LogP contribution in [-0.2, 0) is 0 Å². The standard InChI is InChI=1S/C22H22.C2H6/c1-16-9-8-11-18(3)19-12-6-7-14-21(19)22(15-16)20-13-5-4-10-17(20)2;1-2/h4-16H,1-3H3;1-2H3/b9-8-,18-11+,22-15+;. The molecule has 1 unspecified atom stereocenters. The van der Waals surface area contributed by atoms with Gasteiger partial charge < -0.3 is 0 Å². The van der Waals surface area contributed by atoms with Crippen LogP contribution in [0.4, 0.5) is 0 Å². The third kappa shape index (κ3) is 3.94. The summed E-state index contributed by atoms with van der Waals surface area (Å²) < 4.78 is 0. The molecular formula is C24H28. The van der Waals surface area contributed by atoms with Crippen LogP contribution < -0.4 is 0 Å². The second-order valence-corrected chi connectivity index (χ2v) is 6.03. The van der Waals surface area contributed by atoms with E-state index < -0.39 is 0 Å². The number of rotatable bonds is 1. The molecule has 0 nitrogen and oxygen atoms in total. The Morgan fingerprint density at radius 2 is 1.33 bits per heavy atom. The van der Waals surface area contributed by atoms with E-state index in [4.69, 9.17) is 0 Å². The summed E-state index contributed by atoms with van der Waals surface area (Å²) in [5.74, 6) is 0.407. The average Bonchev–Trinajstić information content (AvgIpc) is 2.67. The summed E-state index contributed by atoms with van der Waals surface area (Å²) >= 11 is 0. The van der Waals surface area contributed by atoms with Crippen LogP contribution >= 0.6 is 0 Å². The third-order valence-corrected chi connectivity index (χ3v) is 4.27. The summed E-state index contributed by atoms with van der Waals surface area (Å²) in [7, 11) is 0. The van der Waals surface area contributed by atoms with Crippen molar-refractivity contribution in [1.82, 2.24) is 0 Å². The molecule has 0 radical (unpaired) electrons. The maximum atomic E-state index is 2.38. The summed E-state index contributed by atoms with van der Waals surface area (Å²) in [6, 6.07) is 17.4. The fourth-order valence-electron chi connectivity index (χ4n) is 3.04. The van der Waals surface area contributed by atoms with Gasteiger partial charge in [-0.15, -0.1) is 0 Å². The minimum Gasteiger partial charge on any atom is -0.0779 e. The number of fused-ring (bicyclic) bond motifs is 1. The van der Waals surface area contributed by atoms with E-state index in [2.05, 4.69) is 93.6 Å². The van der Waals surface area contributed by atoms with Crippen molar-refractivity contribution in [3.05, 3.63) is 95.1 Å². The van der Waals surface area contributed by atoms with Gasteiger partial charge in [-0.05, 0) is 53.2 Å². The van der Waals surface area contributed by atoms with Crippen LogP contribution in [0.1, 0.15) is 49.9 Å². The molecule has 1 atom stereocenters. The summed E-state index contributed by atoms with van der Waals surface area (Å²) in [5, 5.41) is 0. The highest BCUT2D eigenvalue weighted by Crippen LogP contribution is 2.33. The minimum atomic E-state index is 0.407. The van der Waals surface area contributed by atoms with Crippen molar-refractivity contribution in [1.29, 1.82) is 0 Å². The maximum Gasteiger partial charge on any atom is -0.00693 e. The van der Waals surface area contributed by atoms with Gasteiger partial charge in [0, 0.05) is 0 Å². The summed E-state index contributed by atoms with van der Waals surface area (Å²) in [6.45, 7) is 10.6. The Hall–Kier alpha value is -2.34. The fourth-order valence-corrected chi connectivity index (χ4v) is 3.04. The van der Waals surface area contributed by atoms with E-state index in [0.29, 0.717) is 5.92 Å². The zero-order valence-corrected chi connectivity index (χ0v) is 15.5. The first-order chi connectivity index (χ1) is 11.7. The van der Waals surface area contributed by atoms with Crippen molar-refractivity contribution in [2.24, 2.45) is 5.92 Å². The van der Waals surface area contributed by atoms with E-state index >= 15 is 0 Å². The highest BCUT2D eigenvalue weighted by atomic mass is 14.2. The van der Waals surface area contributed by atoms with Gasteiger partial charge >= 0.3 is 0 Å². The van der Waals surface area contributed by atoms with Crippen LogP contribution in [0.3, 0.4) is 0 Å². The molecule has 0 saturated heterocycles. The van der Waals surface area contributed by atoms with Gasteiger partial charge in [0.15, 0.2) is 0 Å². The van der Waals surface area contributed by atoms with Crippen molar-refractivity contribution in [2.75, 3.05) is 0 Å². The van der Waals surface area contributed by atoms with Crippen molar-refractivity contribution in [3.8, 4) is 0 Å². The predicted octanol–water partition coefficient (Wildman–Crippen LogP) is 7.06. The second-order valence-electron chi connectivity index (χ2n) is 6.03. The van der Waals surface area contributed by atoms with Gasteiger partial charge in [-0.3, -0.25) is 0 Å². The molecule has 0 bridgehead atoms. The first-order valence-electron chi connectivity index (χ1n) is 8.89. The highest BCUT2D eigenvalue weighted by molar-refractivity contribution is 5.88. The van der Waals surface area contributed by atoms with E-state index in [-0.39, 0.29) is 0 Å². The molecule has 0 fully saturated rings. The number of hydrogen-bond acceptors (Lipinski definition) is 0. The quantitative estimate of drug-likeness (QED) is 0.528. The molecule has 3 rings (SSSR count). The molecule has 0 aliphatic heterocycles. The molecule has 2 aromatic rings. The van der Waals surface area contributed by atoms with Gasteiger partial charge in [0.25, 0.3) is 0 Å². The molecule has 1 aliphatic rings. The summed E-state index contributed by atoms with van der Waals surface area (Å²) in [4.78, 5) is 0. The second kappa shape index (κ2) is 8.49. The first-order valence-corrected chi connectivity index (χ1v) is 8.89. The monoisotopic (exact) mass is 316 g/mol. The summed E-state index contributed by atoms with van der Waals surface area (Å²) in [5.41, 5.74) is 7.92. The Morgan fingerprint density at radius 3 is 2.00 bits per heavy atom. The largest absolute Gasteiger partial charge is 0.0779 e. The summed E-state index contributed by atoms with van der Waals surface area (Å²) in [6.07, 6.45) is 9.02. The number of aryl methyl sites for hydroxylation is 1. The molecule has 0 heterocycles. The van der Waals surface area contributed by atoms with E-state index in [1.54, 1.807) is 0 Å². The topological polar surface area (TPSA) is 0 Å². The Balaban J connectivity index is 0.00000100. The lowest BCUT2D eigenvalue weighted by atomic mass is 9.88. The Bertz CT molecular complexity index is 772. The lowest BCUT2D eigenvalue weighted by molar-refractivity contribution is 0.942. The zero-order chi connectivity index (χ0) is 17.5. The Morgan fingerprint density at radius 1 is 0.750 bits per heavy atom.